The number of hydrogen-bond acceptors (Lipinski definition) is 9. The fourth-order valence-electron chi connectivity index (χ4n) is 4.45. The van der Waals surface area contributed by atoms with Crippen LogP contribution >= 0.6 is 0 Å². The summed E-state index contributed by atoms with van der Waals surface area (Å²) in [5, 5.41) is 16.8. The van der Waals surface area contributed by atoms with E-state index in [-0.39, 0.29) is 11.8 Å². The van der Waals surface area contributed by atoms with Gasteiger partial charge in [0.1, 0.15) is 23.3 Å². The summed E-state index contributed by atoms with van der Waals surface area (Å²) in [5.41, 5.74) is 2.15. The Morgan fingerprint density at radius 2 is 2.09 bits per heavy atom. The second-order valence-corrected chi connectivity index (χ2v) is 10.6. The molecule has 0 unspecified atom stereocenters. The van der Waals surface area contributed by atoms with Crippen molar-refractivity contribution in [1.82, 2.24) is 15.0 Å². The zero-order valence-electron chi connectivity index (χ0n) is 19.4. The molecule has 0 amide bonds. The maximum absolute atomic E-state index is 12.5. The molecule has 12 heteroatoms. The molecule has 2 aliphatic rings. The number of H-pyrrole nitrogens is 1. The lowest BCUT2D eigenvalue weighted by molar-refractivity contribution is 0.0904. The van der Waals surface area contributed by atoms with Gasteiger partial charge in [-0.1, -0.05) is 0 Å². The molecule has 0 spiro atoms. The molecule has 1 aromatic carbocycles. The van der Waals surface area contributed by atoms with Crippen LogP contribution in [0.5, 0.6) is 5.75 Å². The molecule has 0 atom stereocenters. The van der Waals surface area contributed by atoms with E-state index in [1.54, 1.807) is 24.4 Å². The van der Waals surface area contributed by atoms with E-state index >= 15 is 0 Å². The number of aromatic amines is 1. The fourth-order valence-corrected chi connectivity index (χ4v) is 6.09. The number of nitriles is 1. The van der Waals surface area contributed by atoms with Gasteiger partial charge in [-0.15, -0.1) is 0 Å². The van der Waals surface area contributed by atoms with E-state index in [0.29, 0.717) is 71.7 Å². The maximum atomic E-state index is 12.5. The second kappa shape index (κ2) is 9.59. The fraction of sp³-hybridized carbons (Fsp3) is 0.435. The molecule has 35 heavy (non-hydrogen) atoms. The summed E-state index contributed by atoms with van der Waals surface area (Å²) in [6.07, 6.45) is 4.79. The second-order valence-electron chi connectivity index (χ2n) is 8.57. The van der Waals surface area contributed by atoms with Gasteiger partial charge < -0.3 is 25.1 Å². The molecular weight excluding hydrogens is 470 g/mol. The Hall–Kier alpha value is -3.56. The zero-order chi connectivity index (χ0) is 24.4. The summed E-state index contributed by atoms with van der Waals surface area (Å²) >= 11 is 0. The van der Waals surface area contributed by atoms with Gasteiger partial charge in [-0.05, 0) is 37.8 Å². The number of aromatic nitrogens is 3. The van der Waals surface area contributed by atoms with E-state index in [1.165, 1.54) is 11.4 Å². The molecule has 5 rings (SSSR count). The molecule has 2 fully saturated rings. The molecule has 2 aliphatic heterocycles. The van der Waals surface area contributed by atoms with Crippen molar-refractivity contribution >= 4 is 44.2 Å². The number of methoxy groups -OCH3 is 1. The summed E-state index contributed by atoms with van der Waals surface area (Å²) in [7, 11) is -1.80. The first kappa shape index (κ1) is 23.2. The molecule has 11 nitrogen and oxygen atoms in total. The van der Waals surface area contributed by atoms with Crippen molar-refractivity contribution in [3.8, 4) is 11.8 Å². The predicted molar refractivity (Wildman–Crippen MR) is 133 cm³/mol. The number of ether oxygens (including phenoxy) is 2. The Morgan fingerprint density at radius 3 is 2.83 bits per heavy atom. The van der Waals surface area contributed by atoms with Crippen molar-refractivity contribution in [1.29, 1.82) is 5.26 Å². The first-order valence-corrected chi connectivity index (χ1v) is 13.2. The van der Waals surface area contributed by atoms with E-state index in [9.17, 15) is 13.7 Å². The van der Waals surface area contributed by atoms with Crippen LogP contribution in [0.1, 0.15) is 31.2 Å². The first-order valence-electron chi connectivity index (χ1n) is 11.6. The van der Waals surface area contributed by atoms with Crippen LogP contribution in [0.3, 0.4) is 0 Å². The summed E-state index contributed by atoms with van der Waals surface area (Å²) in [4.78, 5) is 12.3. The van der Waals surface area contributed by atoms with Crippen LogP contribution in [-0.4, -0.2) is 62.0 Å². The zero-order valence-corrected chi connectivity index (χ0v) is 20.2. The SMILES string of the molecule is COc1cc(N2CCCCS2(=O)=O)ccc1Nc1nc(NC2CCOCC2)c2c(C#N)c[nH]c2n1. The smallest absolute Gasteiger partial charge is 0.235 e. The number of rotatable bonds is 6. The number of sulfonamides is 1. The average molecular weight is 498 g/mol. The third kappa shape index (κ3) is 4.69. The van der Waals surface area contributed by atoms with Gasteiger partial charge in [0.2, 0.25) is 16.0 Å². The molecule has 3 N–H and O–H groups in total. The van der Waals surface area contributed by atoms with E-state index in [0.717, 1.165) is 19.3 Å². The molecule has 2 saturated heterocycles. The Morgan fingerprint density at radius 1 is 1.26 bits per heavy atom. The Balaban J connectivity index is 1.47. The third-order valence-corrected chi connectivity index (χ3v) is 8.15. The van der Waals surface area contributed by atoms with Gasteiger partial charge in [-0.3, -0.25) is 4.31 Å². The summed E-state index contributed by atoms with van der Waals surface area (Å²) in [6, 6.07) is 7.57. The lowest BCUT2D eigenvalue weighted by Crippen LogP contribution is -2.37. The highest BCUT2D eigenvalue weighted by Gasteiger charge is 2.27. The molecule has 184 valence electrons. The standard InChI is InChI=1S/C23H27N7O4S/c1-33-19-12-17(30-8-2-3-11-35(30,31)32)4-5-18(19)27-23-28-21-20(15(13-24)14-25-21)22(29-23)26-16-6-9-34-10-7-16/h4-5,12,14,16H,2-3,6-11H2,1H3,(H3,25,26,27,28,29). The number of fused-ring (bicyclic) bond motifs is 1. The molecule has 0 radical (unpaired) electrons. The molecule has 0 aliphatic carbocycles. The lowest BCUT2D eigenvalue weighted by Gasteiger charge is -2.28. The van der Waals surface area contributed by atoms with Crippen LogP contribution in [0.2, 0.25) is 0 Å². The topological polar surface area (TPSA) is 145 Å². The summed E-state index contributed by atoms with van der Waals surface area (Å²) < 4.78 is 37.5. The van der Waals surface area contributed by atoms with Crippen LogP contribution in [0.4, 0.5) is 23.1 Å². The monoisotopic (exact) mass is 497 g/mol. The lowest BCUT2D eigenvalue weighted by atomic mass is 10.1. The number of benzene rings is 1. The van der Waals surface area contributed by atoms with Crippen molar-refractivity contribution in [2.75, 3.05) is 47.6 Å². The van der Waals surface area contributed by atoms with E-state index in [2.05, 4.69) is 31.7 Å². The van der Waals surface area contributed by atoms with Crippen molar-refractivity contribution in [2.24, 2.45) is 0 Å². The highest BCUT2D eigenvalue weighted by atomic mass is 32.2. The number of nitrogens with one attached hydrogen (secondary N) is 3. The van der Waals surface area contributed by atoms with Gasteiger partial charge in [0, 0.05) is 38.1 Å². The van der Waals surface area contributed by atoms with E-state index < -0.39 is 10.0 Å². The quantitative estimate of drug-likeness (QED) is 0.467. The molecule has 4 heterocycles. The highest BCUT2D eigenvalue weighted by Crippen LogP contribution is 2.35. The Bertz CT molecular complexity index is 1380. The largest absolute Gasteiger partial charge is 0.494 e. The minimum atomic E-state index is -3.33. The third-order valence-electron chi connectivity index (χ3n) is 6.28. The van der Waals surface area contributed by atoms with Crippen molar-refractivity contribution < 1.29 is 17.9 Å². The number of nitrogens with zero attached hydrogens (tertiary/aromatic N) is 4. The minimum absolute atomic E-state index is 0.146. The van der Waals surface area contributed by atoms with Crippen LogP contribution < -0.4 is 19.7 Å². The van der Waals surface area contributed by atoms with E-state index in [4.69, 9.17) is 9.47 Å². The summed E-state index contributed by atoms with van der Waals surface area (Å²) in [6.45, 7) is 1.80. The Kier molecular flexibility index (Phi) is 6.36. The number of hydrogen-bond donors (Lipinski definition) is 3. The van der Waals surface area contributed by atoms with Gasteiger partial charge in [-0.2, -0.15) is 15.2 Å². The predicted octanol–water partition coefficient (Wildman–Crippen LogP) is 3.10. The molecule has 3 aromatic rings. The molecule has 0 saturated carbocycles. The molecule has 0 bridgehead atoms. The summed E-state index contributed by atoms with van der Waals surface area (Å²) in [5.74, 6) is 1.50. The van der Waals surface area contributed by atoms with Crippen LogP contribution in [0, 0.1) is 11.3 Å². The van der Waals surface area contributed by atoms with Gasteiger partial charge >= 0.3 is 0 Å². The van der Waals surface area contributed by atoms with Gasteiger partial charge in [0.25, 0.3) is 0 Å². The van der Waals surface area contributed by atoms with Crippen molar-refractivity contribution in [3.05, 3.63) is 30.0 Å². The first-order chi connectivity index (χ1) is 17.0. The Labute approximate surface area is 203 Å². The normalized spacial score (nSPS) is 18.2. The van der Waals surface area contributed by atoms with Gasteiger partial charge in [0.15, 0.2) is 0 Å². The van der Waals surface area contributed by atoms with Crippen molar-refractivity contribution in [3.63, 3.8) is 0 Å². The molecule has 2 aromatic heterocycles. The van der Waals surface area contributed by atoms with E-state index in [1.807, 2.05) is 0 Å². The van der Waals surface area contributed by atoms with Crippen LogP contribution in [-0.2, 0) is 14.8 Å². The minimum Gasteiger partial charge on any atom is -0.494 e. The average Bonchev–Trinajstić information content (AvgIpc) is 3.28. The van der Waals surface area contributed by atoms with Crippen molar-refractivity contribution in [2.45, 2.75) is 31.7 Å². The van der Waals surface area contributed by atoms with Gasteiger partial charge in [0.05, 0.1) is 35.2 Å². The molecular formula is C23H27N7O4S. The van der Waals surface area contributed by atoms with Crippen LogP contribution in [0.15, 0.2) is 24.4 Å². The van der Waals surface area contributed by atoms with Crippen LogP contribution in [0.25, 0.3) is 11.0 Å². The maximum Gasteiger partial charge on any atom is 0.235 e. The number of anilines is 4. The highest BCUT2D eigenvalue weighted by molar-refractivity contribution is 7.92. The van der Waals surface area contributed by atoms with Gasteiger partial charge in [-0.25, -0.2) is 8.42 Å².